The van der Waals surface area contributed by atoms with Crippen LogP contribution in [-0.2, 0) is 14.8 Å². The molecule has 1 saturated heterocycles. The molecule has 1 aliphatic heterocycles. The van der Waals surface area contributed by atoms with E-state index in [1.807, 2.05) is 0 Å². The molecule has 1 aromatic rings. The van der Waals surface area contributed by atoms with Crippen molar-refractivity contribution in [3.05, 3.63) is 30.1 Å². The van der Waals surface area contributed by atoms with Crippen LogP contribution in [0.4, 0.5) is 4.39 Å². The number of halogens is 1. The van der Waals surface area contributed by atoms with Crippen LogP contribution in [0.2, 0.25) is 0 Å². The molecule has 2 fully saturated rings. The van der Waals surface area contributed by atoms with Crippen molar-refractivity contribution in [3.8, 4) is 0 Å². The number of sulfonamides is 1. The second-order valence-electron chi connectivity index (χ2n) is 6.32. The predicted molar refractivity (Wildman–Crippen MR) is 83.6 cm³/mol. The van der Waals surface area contributed by atoms with E-state index in [2.05, 4.69) is 5.32 Å². The van der Waals surface area contributed by atoms with Crippen molar-refractivity contribution < 1.29 is 17.6 Å². The third-order valence-electron chi connectivity index (χ3n) is 4.54. The molecular weight excluding hydrogens is 319 g/mol. The Balaban J connectivity index is 1.57. The Bertz CT molecular complexity index is 663. The van der Waals surface area contributed by atoms with E-state index in [0.29, 0.717) is 31.8 Å². The van der Waals surface area contributed by atoms with Crippen molar-refractivity contribution in [2.24, 2.45) is 11.8 Å². The summed E-state index contributed by atoms with van der Waals surface area (Å²) in [6.07, 6.45) is 3.43. The summed E-state index contributed by atoms with van der Waals surface area (Å²) in [7, 11) is -3.61. The molecule has 0 aromatic heterocycles. The van der Waals surface area contributed by atoms with Gasteiger partial charge in [-0.15, -0.1) is 0 Å². The van der Waals surface area contributed by atoms with Gasteiger partial charge in [-0.05, 0) is 55.9 Å². The maximum Gasteiger partial charge on any atom is 0.243 e. The first kappa shape index (κ1) is 16.4. The van der Waals surface area contributed by atoms with Crippen molar-refractivity contribution in [3.63, 3.8) is 0 Å². The first-order valence-electron chi connectivity index (χ1n) is 8.00. The third kappa shape index (κ3) is 3.90. The number of nitrogens with zero attached hydrogens (tertiary/aromatic N) is 1. The molecule has 1 amide bonds. The van der Waals surface area contributed by atoms with E-state index < -0.39 is 15.8 Å². The highest BCUT2D eigenvalue weighted by Crippen LogP contribution is 2.28. The number of nitrogens with one attached hydrogen (secondary N) is 1. The number of carbonyl (C=O) groups is 1. The van der Waals surface area contributed by atoms with Gasteiger partial charge in [0, 0.05) is 25.6 Å². The lowest BCUT2D eigenvalue weighted by Gasteiger charge is -2.30. The van der Waals surface area contributed by atoms with Gasteiger partial charge in [0.15, 0.2) is 0 Å². The Labute approximate surface area is 135 Å². The van der Waals surface area contributed by atoms with Crippen LogP contribution in [0.3, 0.4) is 0 Å². The summed E-state index contributed by atoms with van der Waals surface area (Å²) in [6.45, 7) is 1.38. The van der Waals surface area contributed by atoms with E-state index in [4.69, 9.17) is 0 Å². The van der Waals surface area contributed by atoms with Crippen LogP contribution in [0.15, 0.2) is 29.2 Å². The number of carbonyl (C=O) groups excluding carboxylic acids is 1. The van der Waals surface area contributed by atoms with Gasteiger partial charge < -0.3 is 5.32 Å². The van der Waals surface area contributed by atoms with E-state index >= 15 is 0 Å². The van der Waals surface area contributed by atoms with E-state index in [9.17, 15) is 17.6 Å². The topological polar surface area (TPSA) is 66.5 Å². The average molecular weight is 340 g/mol. The van der Waals surface area contributed by atoms with E-state index in [1.54, 1.807) is 0 Å². The Morgan fingerprint density at radius 1 is 1.13 bits per heavy atom. The minimum atomic E-state index is -3.61. The Hall–Kier alpha value is -1.47. The zero-order valence-electron chi connectivity index (χ0n) is 12.9. The second-order valence-corrected chi connectivity index (χ2v) is 8.26. The molecule has 5 nitrogen and oxygen atoms in total. The summed E-state index contributed by atoms with van der Waals surface area (Å²) < 4.78 is 39.3. The fourth-order valence-electron chi connectivity index (χ4n) is 2.83. The van der Waals surface area contributed by atoms with Gasteiger partial charge >= 0.3 is 0 Å². The van der Waals surface area contributed by atoms with E-state index in [-0.39, 0.29) is 16.7 Å². The van der Waals surface area contributed by atoms with Crippen molar-refractivity contribution in [2.75, 3.05) is 19.6 Å². The van der Waals surface area contributed by atoms with Gasteiger partial charge in [-0.1, -0.05) is 0 Å². The van der Waals surface area contributed by atoms with Gasteiger partial charge in [0.05, 0.1) is 4.90 Å². The fourth-order valence-corrected chi connectivity index (χ4v) is 4.29. The highest BCUT2D eigenvalue weighted by molar-refractivity contribution is 7.89. The lowest BCUT2D eigenvalue weighted by molar-refractivity contribution is -0.126. The average Bonchev–Trinajstić information content (AvgIpc) is 3.37. The third-order valence-corrected chi connectivity index (χ3v) is 6.45. The summed E-state index contributed by atoms with van der Waals surface area (Å²) in [6, 6.07) is 4.84. The van der Waals surface area contributed by atoms with Crippen LogP contribution in [0.5, 0.6) is 0 Å². The molecule has 126 valence electrons. The molecule has 0 atom stereocenters. The van der Waals surface area contributed by atoms with E-state index in [1.165, 1.54) is 29.3 Å². The highest BCUT2D eigenvalue weighted by atomic mass is 32.2. The molecule has 0 radical (unpaired) electrons. The number of hydrogen-bond donors (Lipinski definition) is 1. The lowest BCUT2D eigenvalue weighted by Crippen LogP contribution is -2.43. The molecule has 2 aliphatic rings. The normalized spacial score (nSPS) is 20.4. The highest BCUT2D eigenvalue weighted by Gasteiger charge is 2.32. The molecule has 1 N–H and O–H groups in total. The minimum Gasteiger partial charge on any atom is -0.356 e. The molecule has 3 rings (SSSR count). The summed E-state index contributed by atoms with van der Waals surface area (Å²) >= 11 is 0. The Morgan fingerprint density at radius 2 is 1.74 bits per heavy atom. The maximum atomic E-state index is 12.9. The second kappa shape index (κ2) is 6.57. The zero-order valence-corrected chi connectivity index (χ0v) is 13.7. The van der Waals surface area contributed by atoms with Crippen molar-refractivity contribution in [2.45, 2.75) is 30.6 Å². The van der Waals surface area contributed by atoms with Crippen LogP contribution in [0, 0.1) is 17.7 Å². The van der Waals surface area contributed by atoms with Gasteiger partial charge in [-0.2, -0.15) is 4.31 Å². The number of rotatable bonds is 5. The number of hydrogen-bond acceptors (Lipinski definition) is 3. The standard InChI is InChI=1S/C16H21FN2O3S/c17-14-3-5-15(6-4-14)23(21,22)19-9-7-13(8-10-19)16(20)18-11-12-1-2-12/h3-6,12-13H,1-2,7-11H2,(H,18,20). The first-order valence-corrected chi connectivity index (χ1v) is 9.44. The summed E-state index contributed by atoms with van der Waals surface area (Å²) in [4.78, 5) is 12.2. The first-order chi connectivity index (χ1) is 11.0. The van der Waals surface area contributed by atoms with Crippen molar-refractivity contribution in [1.82, 2.24) is 9.62 Å². The number of amides is 1. The van der Waals surface area contributed by atoms with Crippen LogP contribution >= 0.6 is 0 Å². The Morgan fingerprint density at radius 3 is 2.30 bits per heavy atom. The monoisotopic (exact) mass is 340 g/mol. The summed E-state index contributed by atoms with van der Waals surface area (Å²) in [5.41, 5.74) is 0. The molecule has 23 heavy (non-hydrogen) atoms. The van der Waals surface area contributed by atoms with Crippen LogP contribution in [0.25, 0.3) is 0 Å². The lowest BCUT2D eigenvalue weighted by atomic mass is 9.97. The summed E-state index contributed by atoms with van der Waals surface area (Å²) in [5, 5.41) is 2.96. The smallest absolute Gasteiger partial charge is 0.243 e. The van der Waals surface area contributed by atoms with Crippen LogP contribution in [-0.4, -0.2) is 38.3 Å². The van der Waals surface area contributed by atoms with Gasteiger partial charge in [-0.25, -0.2) is 12.8 Å². The molecule has 1 aromatic carbocycles. The minimum absolute atomic E-state index is 0.0377. The summed E-state index contributed by atoms with van der Waals surface area (Å²) in [5.74, 6) is 0.0945. The molecule has 0 bridgehead atoms. The van der Waals surface area contributed by atoms with Gasteiger partial charge in [0.1, 0.15) is 5.82 Å². The van der Waals surface area contributed by atoms with E-state index in [0.717, 1.165) is 18.7 Å². The zero-order chi connectivity index (χ0) is 16.4. The van der Waals surface area contributed by atoms with Crippen molar-refractivity contribution in [1.29, 1.82) is 0 Å². The number of benzene rings is 1. The molecular formula is C16H21FN2O3S. The van der Waals surface area contributed by atoms with Gasteiger partial charge in [0.25, 0.3) is 0 Å². The predicted octanol–water partition coefficient (Wildman–Crippen LogP) is 1.75. The quantitative estimate of drug-likeness (QED) is 0.888. The molecule has 1 saturated carbocycles. The SMILES string of the molecule is O=C(NCC1CC1)C1CCN(S(=O)(=O)c2ccc(F)cc2)CC1. The largest absolute Gasteiger partial charge is 0.356 e. The molecule has 0 unspecified atom stereocenters. The van der Waals surface area contributed by atoms with Crippen molar-refractivity contribution >= 4 is 15.9 Å². The molecule has 1 aliphatic carbocycles. The van der Waals surface area contributed by atoms with Gasteiger partial charge in [0.2, 0.25) is 15.9 Å². The molecule has 1 heterocycles. The number of piperidine rings is 1. The van der Waals surface area contributed by atoms with Crippen LogP contribution in [0.1, 0.15) is 25.7 Å². The van der Waals surface area contributed by atoms with Crippen LogP contribution < -0.4 is 5.32 Å². The molecule has 7 heteroatoms. The fraction of sp³-hybridized carbons (Fsp3) is 0.562. The maximum absolute atomic E-state index is 12.9. The molecule has 0 spiro atoms. The van der Waals surface area contributed by atoms with Gasteiger partial charge in [-0.3, -0.25) is 4.79 Å². The Kier molecular flexibility index (Phi) is 4.68.